The van der Waals surface area contributed by atoms with Crippen molar-refractivity contribution in [2.45, 2.75) is 52.1 Å². The summed E-state index contributed by atoms with van der Waals surface area (Å²) in [5.41, 5.74) is 9.20. The van der Waals surface area contributed by atoms with Gasteiger partial charge in [-0.05, 0) is 32.6 Å². The lowest BCUT2D eigenvalue weighted by molar-refractivity contribution is 0.698. The highest BCUT2D eigenvalue weighted by Gasteiger charge is 2.11. The van der Waals surface area contributed by atoms with Crippen molar-refractivity contribution in [1.82, 2.24) is 9.97 Å². The van der Waals surface area contributed by atoms with E-state index < -0.39 is 0 Å². The van der Waals surface area contributed by atoms with E-state index in [1.807, 2.05) is 6.92 Å². The first kappa shape index (κ1) is 17.7. The molecule has 0 saturated carbocycles. The molecule has 1 rings (SSSR count). The Labute approximate surface area is 132 Å². The van der Waals surface area contributed by atoms with Crippen LogP contribution in [0.1, 0.15) is 44.3 Å². The first-order chi connectivity index (χ1) is 9.99. The molecule has 3 nitrogen and oxygen atoms in total. The highest BCUT2D eigenvalue weighted by molar-refractivity contribution is 7.99. The Balaban J connectivity index is 2.93. The minimum Gasteiger partial charge on any atom is -0.324 e. The maximum atomic E-state index is 5.72. The molecule has 114 valence electrons. The van der Waals surface area contributed by atoms with Gasteiger partial charge in [0.25, 0.3) is 0 Å². The van der Waals surface area contributed by atoms with Gasteiger partial charge in [0, 0.05) is 11.3 Å². The van der Waals surface area contributed by atoms with Gasteiger partial charge in [-0.3, -0.25) is 0 Å². The number of nitrogens with two attached hydrogens (primary N) is 1. The molecule has 0 bridgehead atoms. The molecule has 0 amide bonds. The molecular formula is C17H25N3S. The molecule has 2 N–H and O–H groups in total. The molecule has 0 aromatic carbocycles. The van der Waals surface area contributed by atoms with Gasteiger partial charge in [0.15, 0.2) is 0 Å². The van der Waals surface area contributed by atoms with Crippen LogP contribution in [0, 0.1) is 24.7 Å². The summed E-state index contributed by atoms with van der Waals surface area (Å²) in [6.45, 7) is 12.8. The van der Waals surface area contributed by atoms with Crippen molar-refractivity contribution in [2.24, 2.45) is 11.7 Å². The average molecular weight is 303 g/mol. The smallest absolute Gasteiger partial charge is 0.143 e. The van der Waals surface area contributed by atoms with Crippen molar-refractivity contribution < 1.29 is 0 Å². The Hall–Kier alpha value is -1.31. The van der Waals surface area contributed by atoms with Crippen LogP contribution in [0.15, 0.2) is 17.2 Å². The zero-order valence-corrected chi connectivity index (χ0v) is 14.3. The van der Waals surface area contributed by atoms with Gasteiger partial charge in [0.1, 0.15) is 10.9 Å². The number of aromatic nitrogens is 2. The van der Waals surface area contributed by atoms with Gasteiger partial charge in [-0.15, -0.1) is 5.92 Å². The molecule has 0 aliphatic carbocycles. The van der Waals surface area contributed by atoms with E-state index in [-0.39, 0.29) is 0 Å². The Bertz CT molecular complexity index is 553. The van der Waals surface area contributed by atoms with Gasteiger partial charge in [0.2, 0.25) is 0 Å². The summed E-state index contributed by atoms with van der Waals surface area (Å²) in [6, 6.07) is 0. The number of rotatable bonds is 7. The van der Waals surface area contributed by atoms with Crippen LogP contribution < -0.4 is 5.73 Å². The lowest BCUT2D eigenvalue weighted by atomic mass is 9.98. The van der Waals surface area contributed by atoms with E-state index in [0.29, 0.717) is 18.3 Å². The van der Waals surface area contributed by atoms with Gasteiger partial charge in [-0.2, -0.15) is 0 Å². The molecule has 1 aromatic heterocycles. The van der Waals surface area contributed by atoms with Crippen LogP contribution in [0.25, 0.3) is 0 Å². The van der Waals surface area contributed by atoms with Crippen LogP contribution in [-0.4, -0.2) is 15.7 Å². The van der Waals surface area contributed by atoms with E-state index in [1.54, 1.807) is 11.8 Å². The van der Waals surface area contributed by atoms with Crippen LogP contribution in [0.3, 0.4) is 0 Å². The summed E-state index contributed by atoms with van der Waals surface area (Å²) in [7, 11) is 0. The monoisotopic (exact) mass is 303 g/mol. The SMILES string of the molecule is C=C(CCc1nc(CN)nc(SCC#CC)c1C)C(C)C. The third kappa shape index (κ3) is 5.53. The molecule has 1 heterocycles. The van der Waals surface area contributed by atoms with Crippen molar-refractivity contribution in [2.75, 3.05) is 5.75 Å². The van der Waals surface area contributed by atoms with E-state index in [2.05, 4.69) is 49.2 Å². The summed E-state index contributed by atoms with van der Waals surface area (Å²) >= 11 is 1.65. The summed E-state index contributed by atoms with van der Waals surface area (Å²) < 4.78 is 0. The van der Waals surface area contributed by atoms with E-state index in [0.717, 1.165) is 34.9 Å². The standard InChI is InChI=1S/C17H25N3S/c1-6-7-10-21-17-14(5)15(19-16(11-18)20-17)9-8-13(4)12(2)3/h12H,4,8-11,18H2,1-3,5H3. The summed E-state index contributed by atoms with van der Waals surface area (Å²) in [5, 5.41) is 0.998. The Morgan fingerprint density at radius 1 is 1.38 bits per heavy atom. The zero-order chi connectivity index (χ0) is 15.8. The summed E-state index contributed by atoms with van der Waals surface area (Å²) in [5.74, 6) is 7.92. The van der Waals surface area contributed by atoms with Gasteiger partial charge < -0.3 is 5.73 Å². The molecule has 0 aliphatic rings. The number of hydrogen-bond acceptors (Lipinski definition) is 4. The van der Waals surface area contributed by atoms with E-state index in [9.17, 15) is 0 Å². The molecule has 21 heavy (non-hydrogen) atoms. The molecule has 1 aromatic rings. The summed E-state index contributed by atoms with van der Waals surface area (Å²) in [4.78, 5) is 9.11. The predicted octanol–water partition coefficient (Wildman–Crippen LogP) is 3.50. The molecule has 4 heteroatoms. The molecule has 0 spiro atoms. The fourth-order valence-corrected chi connectivity index (χ4v) is 2.67. The van der Waals surface area contributed by atoms with Crippen molar-refractivity contribution in [3.05, 3.63) is 29.2 Å². The number of hydrogen-bond donors (Lipinski definition) is 1. The molecule has 0 radical (unpaired) electrons. The maximum Gasteiger partial charge on any atom is 0.143 e. The molecular weight excluding hydrogens is 278 g/mol. The topological polar surface area (TPSA) is 51.8 Å². The lowest BCUT2D eigenvalue weighted by Crippen LogP contribution is -2.09. The van der Waals surface area contributed by atoms with Crippen LogP contribution in [0.4, 0.5) is 0 Å². The maximum absolute atomic E-state index is 5.72. The molecule has 0 atom stereocenters. The Kier molecular flexibility index (Phi) is 7.49. The van der Waals surface area contributed by atoms with Gasteiger partial charge in [0.05, 0.1) is 12.3 Å². The predicted molar refractivity (Wildman–Crippen MR) is 91.1 cm³/mol. The molecule has 0 unspecified atom stereocenters. The van der Waals surface area contributed by atoms with Crippen molar-refractivity contribution >= 4 is 11.8 Å². The minimum absolute atomic E-state index is 0.366. The van der Waals surface area contributed by atoms with Gasteiger partial charge in [-0.1, -0.05) is 43.7 Å². The third-order valence-electron chi connectivity index (χ3n) is 3.39. The number of allylic oxidation sites excluding steroid dienone is 1. The van der Waals surface area contributed by atoms with E-state index in [1.165, 1.54) is 5.57 Å². The fourth-order valence-electron chi connectivity index (χ4n) is 1.81. The summed E-state index contributed by atoms with van der Waals surface area (Å²) in [6.07, 6.45) is 1.85. The molecule has 0 aliphatic heterocycles. The lowest BCUT2D eigenvalue weighted by Gasteiger charge is -2.13. The fraction of sp³-hybridized carbons (Fsp3) is 0.529. The van der Waals surface area contributed by atoms with E-state index in [4.69, 9.17) is 5.73 Å². The number of aryl methyl sites for hydroxylation is 1. The van der Waals surface area contributed by atoms with Crippen molar-refractivity contribution in [3.63, 3.8) is 0 Å². The van der Waals surface area contributed by atoms with Crippen molar-refractivity contribution in [3.8, 4) is 11.8 Å². The van der Waals surface area contributed by atoms with Gasteiger partial charge in [-0.25, -0.2) is 9.97 Å². The second-order valence-electron chi connectivity index (χ2n) is 5.25. The van der Waals surface area contributed by atoms with Gasteiger partial charge >= 0.3 is 0 Å². The Morgan fingerprint density at radius 3 is 2.67 bits per heavy atom. The normalized spacial score (nSPS) is 10.4. The van der Waals surface area contributed by atoms with Crippen LogP contribution >= 0.6 is 11.8 Å². The minimum atomic E-state index is 0.366. The second-order valence-corrected chi connectivity index (χ2v) is 6.21. The zero-order valence-electron chi connectivity index (χ0n) is 13.5. The van der Waals surface area contributed by atoms with Crippen LogP contribution in [-0.2, 0) is 13.0 Å². The highest BCUT2D eigenvalue weighted by Crippen LogP contribution is 2.24. The highest BCUT2D eigenvalue weighted by atomic mass is 32.2. The average Bonchev–Trinajstić information content (AvgIpc) is 2.47. The van der Waals surface area contributed by atoms with Crippen LogP contribution in [0.5, 0.6) is 0 Å². The van der Waals surface area contributed by atoms with Crippen LogP contribution in [0.2, 0.25) is 0 Å². The third-order valence-corrected chi connectivity index (χ3v) is 4.35. The first-order valence-corrected chi connectivity index (χ1v) is 8.24. The molecule has 0 fully saturated rings. The first-order valence-electron chi connectivity index (χ1n) is 7.26. The molecule has 0 saturated heterocycles. The largest absolute Gasteiger partial charge is 0.324 e. The van der Waals surface area contributed by atoms with E-state index >= 15 is 0 Å². The second kappa shape index (κ2) is 8.86. The Morgan fingerprint density at radius 2 is 2.10 bits per heavy atom. The number of thioether (sulfide) groups is 1. The quantitative estimate of drug-likeness (QED) is 0.362. The van der Waals surface area contributed by atoms with Crippen molar-refractivity contribution in [1.29, 1.82) is 0 Å². The number of nitrogens with zero attached hydrogens (tertiary/aromatic N) is 2.